The van der Waals surface area contributed by atoms with Gasteiger partial charge >= 0.3 is 10.3 Å². The van der Waals surface area contributed by atoms with Gasteiger partial charge in [-0.15, -0.1) is 0 Å². The molecule has 4 bridgehead atoms. The molecule has 64 heavy (non-hydrogen) atoms. The minimum absolute atomic E-state index is 0.0842. The van der Waals surface area contributed by atoms with Crippen LogP contribution in [0.25, 0.3) is 27.2 Å². The summed E-state index contributed by atoms with van der Waals surface area (Å²) in [5, 5.41) is 16.0. The average Bonchev–Trinajstić information content (AvgIpc) is 4.10. The first-order chi connectivity index (χ1) is 30.7. The molecule has 5 N–H and O–H groups in total. The van der Waals surface area contributed by atoms with E-state index in [1.54, 1.807) is 44.2 Å². The lowest BCUT2D eigenvalue weighted by Crippen LogP contribution is -2.52. The van der Waals surface area contributed by atoms with Gasteiger partial charge in [-0.1, -0.05) is 32.0 Å². The first-order valence-corrected chi connectivity index (χ1v) is 22.9. The van der Waals surface area contributed by atoms with Crippen LogP contribution in [-0.4, -0.2) is 140 Å². The zero-order valence-electron chi connectivity index (χ0n) is 34.0. The molecule has 25 nitrogen and oxygen atoms in total. The Labute approximate surface area is 363 Å². The lowest BCUT2D eigenvalue weighted by molar-refractivity contribution is -0.169. The standard InChI is InChI=1S/C37H41N12O13PS/c1-19(2)31(51)46-36-45-30-24(33(53)47-36)42-18-49(30)34-25-21(12-50)22(59-34)13-58-63(4,57-11-10-38-3)61-27-26-35(60-37(27,15-56-26)14-43-64(54,55)62-25)48-17-41-23-28(39-16-40-29(23)48)44-32(52)20-8-6-5-7-9-20/h5-9,16-19,21-22,25-27,34-35,43,50H,4,10-15H2,1-2H3,(H,39,40,44,52)(H2,45,46,47,51,53)/t21-,22-,25-,26-,27+,34-,35-,37+,63+/m1/s1. The molecule has 4 aliphatic heterocycles. The van der Waals surface area contributed by atoms with E-state index in [0.29, 0.717) is 5.56 Å². The minimum atomic E-state index is -4.78. The number of rotatable bonds is 10. The van der Waals surface area contributed by atoms with Crippen molar-refractivity contribution in [3.8, 4) is 0 Å². The molecule has 5 aromatic rings. The zero-order chi connectivity index (χ0) is 45.0. The highest BCUT2D eigenvalue weighted by Gasteiger charge is 2.65. The fraction of sp³-hybridized carbons (Fsp3) is 0.459. The van der Waals surface area contributed by atoms with E-state index in [0.717, 1.165) is 0 Å². The molecule has 0 spiro atoms. The Morgan fingerprint density at radius 2 is 1.86 bits per heavy atom. The van der Waals surface area contributed by atoms with Crippen LogP contribution in [0.4, 0.5) is 11.8 Å². The van der Waals surface area contributed by atoms with Gasteiger partial charge in [0.15, 0.2) is 40.6 Å². The summed E-state index contributed by atoms with van der Waals surface area (Å²) in [6.07, 6.45) is 0.813. The molecule has 0 unspecified atom stereocenters. The summed E-state index contributed by atoms with van der Waals surface area (Å²) in [5.74, 6) is -2.50. The highest BCUT2D eigenvalue weighted by Crippen LogP contribution is 2.58. The van der Waals surface area contributed by atoms with E-state index in [4.69, 9.17) is 38.5 Å². The number of imidazole rings is 2. The van der Waals surface area contributed by atoms with Crippen LogP contribution in [0, 0.1) is 18.4 Å². The van der Waals surface area contributed by atoms with Gasteiger partial charge in [-0.25, -0.2) is 30.7 Å². The maximum atomic E-state index is 14.1. The molecule has 2 amide bonds. The van der Waals surface area contributed by atoms with Crippen molar-refractivity contribution in [1.82, 2.24) is 43.8 Å². The number of ether oxygens (including phenoxy) is 3. The number of aromatic nitrogens is 8. The molecule has 0 saturated carbocycles. The summed E-state index contributed by atoms with van der Waals surface area (Å²) < 4.78 is 77.5. The summed E-state index contributed by atoms with van der Waals surface area (Å²) in [6, 6.07) is 8.51. The first-order valence-electron chi connectivity index (χ1n) is 19.8. The zero-order valence-corrected chi connectivity index (χ0v) is 35.7. The van der Waals surface area contributed by atoms with E-state index in [-0.39, 0.29) is 53.9 Å². The van der Waals surface area contributed by atoms with Crippen molar-refractivity contribution in [3.63, 3.8) is 0 Å². The molecular weight excluding hydrogens is 884 g/mol. The van der Waals surface area contributed by atoms with Gasteiger partial charge in [-0.3, -0.25) is 33.8 Å². The maximum Gasteiger partial charge on any atom is 0.336 e. The Balaban J connectivity index is 1.05. The van der Waals surface area contributed by atoms with Crippen molar-refractivity contribution in [2.45, 2.75) is 56.3 Å². The number of aliphatic hydroxyl groups excluding tert-OH is 1. The van der Waals surface area contributed by atoms with Gasteiger partial charge in [-0.05, 0) is 18.4 Å². The normalized spacial score (nSPS) is 30.0. The second kappa shape index (κ2) is 17.1. The van der Waals surface area contributed by atoms with E-state index >= 15 is 0 Å². The van der Waals surface area contributed by atoms with Crippen LogP contribution in [0.1, 0.15) is 36.7 Å². The number of fused-ring (bicyclic) bond motifs is 4. The van der Waals surface area contributed by atoms with E-state index in [2.05, 4.69) is 56.4 Å². The number of nitrogens with one attached hydrogen (secondary N) is 4. The maximum absolute atomic E-state index is 14.1. The number of carbonyl (C=O) groups excluding carboxylic acids is 2. The molecule has 0 aliphatic carbocycles. The molecule has 4 fully saturated rings. The number of hydrogen-bond acceptors (Lipinski definition) is 18. The quantitative estimate of drug-likeness (QED) is 0.0733. The first kappa shape index (κ1) is 43.7. The fourth-order valence-electron chi connectivity index (χ4n) is 7.82. The van der Waals surface area contributed by atoms with Crippen molar-refractivity contribution in [2.24, 2.45) is 11.8 Å². The van der Waals surface area contributed by atoms with Gasteiger partial charge in [-0.2, -0.15) is 18.1 Å². The molecule has 4 aromatic heterocycles. The van der Waals surface area contributed by atoms with Crippen molar-refractivity contribution in [2.75, 3.05) is 50.2 Å². The molecule has 9 atom stereocenters. The number of aromatic amines is 1. The van der Waals surface area contributed by atoms with Crippen LogP contribution in [0.15, 0.2) is 54.1 Å². The Bertz CT molecular complexity index is 2870. The number of anilines is 2. The summed E-state index contributed by atoms with van der Waals surface area (Å²) in [4.78, 5) is 66.1. The molecule has 8 heterocycles. The topological polar surface area (TPSA) is 301 Å². The van der Waals surface area contributed by atoms with Gasteiger partial charge in [0.1, 0.15) is 36.8 Å². The van der Waals surface area contributed by atoms with Crippen molar-refractivity contribution in [3.05, 3.63) is 76.6 Å². The number of aliphatic hydroxyl groups is 1. The van der Waals surface area contributed by atoms with Crippen molar-refractivity contribution in [1.29, 1.82) is 0 Å². The molecule has 9 rings (SSSR count). The predicted molar refractivity (Wildman–Crippen MR) is 222 cm³/mol. The van der Waals surface area contributed by atoms with Crippen molar-refractivity contribution >= 4 is 70.1 Å². The monoisotopic (exact) mass is 924 g/mol. The molecule has 1 aromatic carbocycles. The number of benzene rings is 1. The third kappa shape index (κ3) is 8.09. The van der Waals surface area contributed by atoms with E-state index in [1.165, 1.54) is 28.1 Å². The van der Waals surface area contributed by atoms with Crippen LogP contribution >= 0.6 is 7.57 Å². The minimum Gasteiger partial charge on any atom is -0.396 e. The van der Waals surface area contributed by atoms with Crippen LogP contribution in [-0.2, 0) is 47.1 Å². The lowest BCUT2D eigenvalue weighted by Gasteiger charge is -2.34. The molecule has 4 saturated heterocycles. The van der Waals surface area contributed by atoms with Crippen LogP contribution < -0.4 is 20.9 Å². The summed E-state index contributed by atoms with van der Waals surface area (Å²) in [5.41, 5.74) is -1.72. The number of H-pyrrole nitrogens is 1. The Morgan fingerprint density at radius 3 is 2.61 bits per heavy atom. The average molecular weight is 925 g/mol. The Hall–Kier alpha value is -5.56. The number of nitrogens with zero attached hydrogens (tertiary/aromatic N) is 8. The highest BCUT2D eigenvalue weighted by atomic mass is 32.2. The largest absolute Gasteiger partial charge is 0.396 e. The van der Waals surface area contributed by atoms with Gasteiger partial charge in [0, 0.05) is 23.9 Å². The van der Waals surface area contributed by atoms with Gasteiger partial charge in [0.05, 0.1) is 38.6 Å². The second-order valence-corrected chi connectivity index (χ2v) is 18.8. The Kier molecular flexibility index (Phi) is 11.7. The molecule has 27 heteroatoms. The number of hydrogen-bond donors (Lipinski definition) is 5. The molecule has 0 radical (unpaired) electrons. The highest BCUT2D eigenvalue weighted by molar-refractivity contribution is 7.84. The summed E-state index contributed by atoms with van der Waals surface area (Å²) in [7, 11) is -8.56. The lowest BCUT2D eigenvalue weighted by atomic mass is 9.99. The van der Waals surface area contributed by atoms with Crippen LogP contribution in [0.5, 0.6) is 0 Å². The fourth-order valence-corrected chi connectivity index (χ4v) is 10.4. The van der Waals surface area contributed by atoms with Crippen LogP contribution in [0.2, 0.25) is 0 Å². The van der Waals surface area contributed by atoms with Gasteiger partial charge in [0.2, 0.25) is 18.4 Å². The third-order valence-corrected chi connectivity index (χ3v) is 13.7. The predicted octanol–water partition coefficient (Wildman–Crippen LogP) is 0.744. The molecule has 338 valence electrons. The Morgan fingerprint density at radius 1 is 1.09 bits per heavy atom. The summed E-state index contributed by atoms with van der Waals surface area (Å²) in [6.45, 7) is 8.61. The van der Waals surface area contributed by atoms with Crippen LogP contribution in [0.3, 0.4) is 0 Å². The van der Waals surface area contributed by atoms with E-state index in [9.17, 15) is 27.9 Å². The SMILES string of the molecule is [C-]#[N+]CCO[P@@]1(=C)OC[C@H]2O[C@@H](n3cnc4c(=O)[nH]c(NC(=O)C(C)C)nc43)[C@H](OS(=O)(=O)NC[C@@]34CO[C@@H]([C@H](n5cnc6c(NC(=O)c7ccccc7)ncnc65)O3)[C@@H]4O1)[C@@H]2CO. The third-order valence-electron chi connectivity index (χ3n) is 11.0. The number of amides is 2. The second-order valence-electron chi connectivity index (χ2n) is 15.5. The van der Waals surface area contributed by atoms with Crippen molar-refractivity contribution < 1.29 is 55.1 Å². The van der Waals surface area contributed by atoms with E-state index < -0.39 is 109 Å². The number of carbonyl (C=O) groups is 2. The van der Waals surface area contributed by atoms with E-state index in [1.807, 2.05) is 0 Å². The van der Waals surface area contributed by atoms with Gasteiger partial charge < -0.3 is 43.1 Å². The molecular formula is C37H41N12O13PS. The molecule has 4 aliphatic rings. The van der Waals surface area contributed by atoms with Gasteiger partial charge in [0.25, 0.3) is 19.0 Å². The summed E-state index contributed by atoms with van der Waals surface area (Å²) >= 11 is 0. The smallest absolute Gasteiger partial charge is 0.336 e.